The Bertz CT molecular complexity index is 1340. The van der Waals surface area contributed by atoms with Crippen molar-refractivity contribution < 1.29 is 0 Å². The number of aryl methyl sites for hydroxylation is 2. The molecular formula is C30H26N2S2. The van der Waals surface area contributed by atoms with Crippen LogP contribution in [0.15, 0.2) is 92.6 Å². The third kappa shape index (κ3) is 3.89. The Hall–Kier alpha value is -2.82. The Morgan fingerprint density at radius 2 is 0.941 bits per heavy atom. The van der Waals surface area contributed by atoms with Crippen LogP contribution in [0.5, 0.6) is 0 Å². The maximum atomic E-state index is 5.08. The van der Waals surface area contributed by atoms with Gasteiger partial charge in [-0.25, -0.2) is 9.98 Å². The SMILES string of the molecule is CCCc1ccc(C2=Nc3ccc4c5c(ccc(c35)S2)N=C(c2ccc(CCC)cc2)S4)cc1. The first-order valence-electron chi connectivity index (χ1n) is 12.0. The van der Waals surface area contributed by atoms with Crippen molar-refractivity contribution in [2.75, 3.05) is 0 Å². The maximum Gasteiger partial charge on any atom is 0.109 e. The van der Waals surface area contributed by atoms with Crippen molar-refractivity contribution in [2.24, 2.45) is 9.98 Å². The van der Waals surface area contributed by atoms with Crippen LogP contribution in [0.2, 0.25) is 0 Å². The van der Waals surface area contributed by atoms with Crippen molar-refractivity contribution in [3.05, 3.63) is 95.1 Å². The first kappa shape index (κ1) is 21.7. The van der Waals surface area contributed by atoms with Crippen LogP contribution in [0.3, 0.4) is 0 Å². The third-order valence-corrected chi connectivity index (χ3v) is 8.54. The van der Waals surface area contributed by atoms with Gasteiger partial charge in [0, 0.05) is 31.7 Å². The summed E-state index contributed by atoms with van der Waals surface area (Å²) in [4.78, 5) is 12.7. The van der Waals surface area contributed by atoms with E-state index in [1.165, 1.54) is 55.7 Å². The number of rotatable bonds is 6. The molecule has 4 aromatic rings. The molecule has 6 rings (SSSR count). The van der Waals surface area contributed by atoms with Gasteiger partial charge in [-0.15, -0.1) is 0 Å². The first-order valence-corrected chi connectivity index (χ1v) is 13.7. The molecule has 4 aromatic carbocycles. The third-order valence-electron chi connectivity index (χ3n) is 6.38. The van der Waals surface area contributed by atoms with E-state index in [1.54, 1.807) is 23.5 Å². The van der Waals surface area contributed by atoms with Crippen LogP contribution >= 0.6 is 23.5 Å². The monoisotopic (exact) mass is 478 g/mol. The molecule has 0 saturated heterocycles. The number of nitrogens with zero attached hydrogens (tertiary/aromatic N) is 2. The highest BCUT2D eigenvalue weighted by Gasteiger charge is 2.24. The van der Waals surface area contributed by atoms with Gasteiger partial charge >= 0.3 is 0 Å². The fourth-order valence-corrected chi connectivity index (χ4v) is 6.78. The lowest BCUT2D eigenvalue weighted by Gasteiger charge is -2.22. The van der Waals surface area contributed by atoms with E-state index in [1.807, 2.05) is 0 Å². The van der Waals surface area contributed by atoms with E-state index in [0.29, 0.717) is 0 Å². The average Bonchev–Trinajstić information content (AvgIpc) is 2.88. The maximum absolute atomic E-state index is 5.08. The number of hydrogen-bond donors (Lipinski definition) is 0. The van der Waals surface area contributed by atoms with Gasteiger partial charge in [0.1, 0.15) is 10.1 Å². The van der Waals surface area contributed by atoms with E-state index in [9.17, 15) is 0 Å². The largest absolute Gasteiger partial charge is 0.240 e. The van der Waals surface area contributed by atoms with E-state index >= 15 is 0 Å². The number of benzene rings is 4. The van der Waals surface area contributed by atoms with Crippen LogP contribution in [-0.4, -0.2) is 10.1 Å². The molecule has 2 aliphatic rings. The molecule has 0 N–H and O–H groups in total. The summed E-state index contributed by atoms with van der Waals surface area (Å²) in [5.41, 5.74) is 7.24. The highest BCUT2D eigenvalue weighted by molar-refractivity contribution is 8.15. The van der Waals surface area contributed by atoms with Crippen LogP contribution in [0.1, 0.15) is 48.9 Å². The zero-order chi connectivity index (χ0) is 23.1. The average molecular weight is 479 g/mol. The lowest BCUT2D eigenvalue weighted by Crippen LogP contribution is -2.03. The minimum Gasteiger partial charge on any atom is -0.240 e. The molecule has 0 fully saturated rings. The molecule has 168 valence electrons. The van der Waals surface area contributed by atoms with Gasteiger partial charge in [0.15, 0.2) is 0 Å². The first-order chi connectivity index (χ1) is 16.7. The molecule has 0 amide bonds. The van der Waals surface area contributed by atoms with Crippen molar-refractivity contribution in [3.63, 3.8) is 0 Å². The topological polar surface area (TPSA) is 24.7 Å². The lowest BCUT2D eigenvalue weighted by atomic mass is 10.1. The van der Waals surface area contributed by atoms with Gasteiger partial charge in [0.05, 0.1) is 11.4 Å². The van der Waals surface area contributed by atoms with Gasteiger partial charge in [-0.2, -0.15) is 0 Å². The predicted octanol–water partition coefficient (Wildman–Crippen LogP) is 9.11. The van der Waals surface area contributed by atoms with Crippen molar-refractivity contribution in [1.29, 1.82) is 0 Å². The normalized spacial score (nSPS) is 14.2. The van der Waals surface area contributed by atoms with E-state index in [-0.39, 0.29) is 0 Å². The zero-order valence-corrected chi connectivity index (χ0v) is 21.1. The number of hydrogen-bond acceptors (Lipinski definition) is 4. The number of aliphatic imine (C=N–C) groups is 2. The van der Waals surface area contributed by atoms with Crippen molar-refractivity contribution in [1.82, 2.24) is 0 Å². The Labute approximate surface area is 209 Å². The molecule has 0 aliphatic carbocycles. The molecule has 2 nitrogen and oxygen atoms in total. The molecule has 2 heterocycles. The van der Waals surface area contributed by atoms with Crippen LogP contribution in [0.25, 0.3) is 10.8 Å². The predicted molar refractivity (Wildman–Crippen MR) is 149 cm³/mol. The zero-order valence-electron chi connectivity index (χ0n) is 19.5. The lowest BCUT2D eigenvalue weighted by molar-refractivity contribution is 0.922. The van der Waals surface area contributed by atoms with E-state index in [2.05, 4.69) is 86.6 Å². The molecule has 0 bridgehead atoms. The summed E-state index contributed by atoms with van der Waals surface area (Å²) in [6, 6.07) is 26.6. The van der Waals surface area contributed by atoms with Crippen LogP contribution in [0.4, 0.5) is 11.4 Å². The Morgan fingerprint density at radius 3 is 1.32 bits per heavy atom. The minimum absolute atomic E-state index is 1.05. The molecule has 0 atom stereocenters. The Balaban J connectivity index is 1.38. The van der Waals surface area contributed by atoms with Gasteiger partial charge in [0.2, 0.25) is 0 Å². The van der Waals surface area contributed by atoms with E-state index in [0.717, 1.165) is 34.3 Å². The van der Waals surface area contributed by atoms with Crippen LogP contribution in [-0.2, 0) is 12.8 Å². The molecule has 2 aliphatic heterocycles. The second-order valence-electron chi connectivity index (χ2n) is 8.85. The smallest absolute Gasteiger partial charge is 0.109 e. The summed E-state index contributed by atoms with van der Waals surface area (Å²) in [6.45, 7) is 4.44. The molecule has 0 saturated carbocycles. The summed E-state index contributed by atoms with van der Waals surface area (Å²) in [5.74, 6) is 0. The molecule has 34 heavy (non-hydrogen) atoms. The molecule has 4 heteroatoms. The van der Waals surface area contributed by atoms with Gasteiger partial charge in [-0.3, -0.25) is 0 Å². The van der Waals surface area contributed by atoms with E-state index < -0.39 is 0 Å². The van der Waals surface area contributed by atoms with E-state index in [4.69, 9.17) is 9.98 Å². The molecular weight excluding hydrogens is 452 g/mol. The standard InChI is InChI=1S/C30H26N2S2/c1-3-5-19-7-11-21(12-8-19)29-31-23-15-18-26-28-24(16-17-25(33-29)27(23)28)32-30(34-26)22-13-9-20(6-4-2)10-14-22/h7-18H,3-6H2,1-2H3. The Morgan fingerprint density at radius 1 is 0.529 bits per heavy atom. The summed E-state index contributed by atoms with van der Waals surface area (Å²) >= 11 is 3.54. The van der Waals surface area contributed by atoms with Gasteiger partial charge in [-0.05, 0) is 48.2 Å². The molecule has 0 spiro atoms. The summed E-state index contributed by atoms with van der Waals surface area (Å²) < 4.78 is 0. The molecule has 0 aromatic heterocycles. The summed E-state index contributed by atoms with van der Waals surface area (Å²) in [6.07, 6.45) is 4.58. The molecule has 0 radical (unpaired) electrons. The second kappa shape index (κ2) is 9.09. The highest BCUT2D eigenvalue weighted by atomic mass is 32.2. The summed E-state index contributed by atoms with van der Waals surface area (Å²) in [7, 11) is 0. The van der Waals surface area contributed by atoms with Crippen LogP contribution in [0, 0.1) is 0 Å². The van der Waals surface area contributed by atoms with Gasteiger partial charge < -0.3 is 0 Å². The Kier molecular flexibility index (Phi) is 5.80. The van der Waals surface area contributed by atoms with Crippen molar-refractivity contribution >= 4 is 55.8 Å². The van der Waals surface area contributed by atoms with Crippen molar-refractivity contribution in [2.45, 2.75) is 49.3 Å². The second-order valence-corrected chi connectivity index (χ2v) is 10.9. The quantitative estimate of drug-likeness (QED) is 0.276. The fraction of sp³-hybridized carbons (Fsp3) is 0.200. The van der Waals surface area contributed by atoms with Crippen molar-refractivity contribution in [3.8, 4) is 0 Å². The highest BCUT2D eigenvalue weighted by Crippen LogP contribution is 2.50. The minimum atomic E-state index is 1.05. The van der Waals surface area contributed by atoms with Gasteiger partial charge in [-0.1, -0.05) is 98.7 Å². The fourth-order valence-electron chi connectivity index (χ4n) is 4.68. The molecule has 0 unspecified atom stereocenters. The van der Waals surface area contributed by atoms with Gasteiger partial charge in [0.25, 0.3) is 0 Å². The van der Waals surface area contributed by atoms with Crippen LogP contribution < -0.4 is 0 Å². The summed E-state index contributed by atoms with van der Waals surface area (Å²) in [5, 5.41) is 4.61. The number of thioether (sulfide) groups is 2.